The summed E-state index contributed by atoms with van der Waals surface area (Å²) in [6.45, 7) is 3.44. The molecule has 25 heavy (non-hydrogen) atoms. The van der Waals surface area contributed by atoms with Gasteiger partial charge in [0.05, 0.1) is 0 Å². The van der Waals surface area contributed by atoms with Crippen LogP contribution in [0, 0.1) is 5.92 Å². The van der Waals surface area contributed by atoms with Gasteiger partial charge in [0, 0.05) is 43.2 Å². The van der Waals surface area contributed by atoms with E-state index in [-0.39, 0.29) is 5.92 Å². The molecule has 132 valence electrons. The third-order valence-electron chi connectivity index (χ3n) is 5.09. The summed E-state index contributed by atoms with van der Waals surface area (Å²) in [5.41, 5.74) is 1.34. The summed E-state index contributed by atoms with van der Waals surface area (Å²) < 4.78 is 0. The molecule has 2 aliphatic heterocycles. The fourth-order valence-electron chi connectivity index (χ4n) is 3.66. The van der Waals surface area contributed by atoms with Gasteiger partial charge in [0.1, 0.15) is 5.82 Å². The molecule has 0 spiro atoms. The van der Waals surface area contributed by atoms with Gasteiger partial charge in [0.15, 0.2) is 5.16 Å². The van der Waals surface area contributed by atoms with Crippen molar-refractivity contribution in [1.29, 1.82) is 0 Å². The summed E-state index contributed by atoms with van der Waals surface area (Å²) in [5, 5.41) is 2.94. The van der Waals surface area contributed by atoms with Crippen LogP contribution in [-0.4, -0.2) is 46.7 Å². The van der Waals surface area contributed by atoms with Gasteiger partial charge < -0.3 is 9.80 Å². The number of carbonyl (C=O) groups is 1. The molecule has 4 heterocycles. The summed E-state index contributed by atoms with van der Waals surface area (Å²) in [4.78, 5) is 27.5. The van der Waals surface area contributed by atoms with E-state index in [4.69, 9.17) is 0 Å². The molecule has 0 aliphatic carbocycles. The number of anilines is 1. The number of hydrogen-bond acceptors (Lipinski definition) is 6. The fourth-order valence-corrected chi connectivity index (χ4v) is 4.90. The van der Waals surface area contributed by atoms with E-state index in [0.717, 1.165) is 56.4 Å². The Kier molecular flexibility index (Phi) is 4.94. The first-order chi connectivity index (χ1) is 12.2. The number of fused-ring (bicyclic) bond motifs is 1. The van der Waals surface area contributed by atoms with Crippen LogP contribution in [0.3, 0.4) is 0 Å². The smallest absolute Gasteiger partial charge is 0.226 e. The second-order valence-electron chi connectivity index (χ2n) is 6.54. The SMILES string of the molecule is CSc1nccc(N2CCC(C(=O)N3CCc4sccc4C3)CC2)n1. The molecule has 0 aromatic carbocycles. The average molecular weight is 375 g/mol. The molecule has 0 atom stereocenters. The molecule has 2 aromatic rings. The molecule has 0 bridgehead atoms. The van der Waals surface area contributed by atoms with Gasteiger partial charge in [-0.2, -0.15) is 0 Å². The first-order valence-corrected chi connectivity index (χ1v) is 10.8. The first kappa shape index (κ1) is 16.8. The van der Waals surface area contributed by atoms with Crippen LogP contribution in [0.25, 0.3) is 0 Å². The lowest BCUT2D eigenvalue weighted by Crippen LogP contribution is -2.44. The Labute approximate surface area is 156 Å². The lowest BCUT2D eigenvalue weighted by atomic mass is 9.94. The van der Waals surface area contributed by atoms with Crippen LogP contribution >= 0.6 is 23.1 Å². The minimum Gasteiger partial charge on any atom is -0.356 e. The van der Waals surface area contributed by atoms with E-state index in [1.807, 2.05) is 29.9 Å². The third-order valence-corrected chi connectivity index (χ3v) is 6.67. The van der Waals surface area contributed by atoms with Crippen molar-refractivity contribution in [2.75, 3.05) is 30.8 Å². The highest BCUT2D eigenvalue weighted by molar-refractivity contribution is 7.98. The number of aromatic nitrogens is 2. The van der Waals surface area contributed by atoms with Gasteiger partial charge in [-0.3, -0.25) is 4.79 Å². The molecule has 0 unspecified atom stereocenters. The number of thioether (sulfide) groups is 1. The van der Waals surface area contributed by atoms with E-state index >= 15 is 0 Å². The summed E-state index contributed by atoms with van der Waals surface area (Å²) in [6, 6.07) is 4.13. The molecule has 7 heteroatoms. The summed E-state index contributed by atoms with van der Waals surface area (Å²) in [7, 11) is 0. The van der Waals surface area contributed by atoms with E-state index in [9.17, 15) is 4.79 Å². The van der Waals surface area contributed by atoms with Gasteiger partial charge in [-0.1, -0.05) is 11.8 Å². The summed E-state index contributed by atoms with van der Waals surface area (Å²) in [6.07, 6.45) is 6.63. The zero-order chi connectivity index (χ0) is 17.2. The molecule has 0 radical (unpaired) electrons. The van der Waals surface area contributed by atoms with E-state index in [1.54, 1.807) is 11.8 Å². The molecular weight excluding hydrogens is 352 g/mol. The Bertz CT molecular complexity index is 755. The molecule has 1 fully saturated rings. The normalized spacial score (nSPS) is 18.3. The second kappa shape index (κ2) is 7.33. The van der Waals surface area contributed by atoms with E-state index < -0.39 is 0 Å². The molecule has 5 nitrogen and oxygen atoms in total. The summed E-state index contributed by atoms with van der Waals surface area (Å²) in [5.74, 6) is 1.47. The minimum absolute atomic E-state index is 0.151. The number of carbonyl (C=O) groups excluding carboxylic acids is 1. The van der Waals surface area contributed by atoms with Crippen molar-refractivity contribution >= 4 is 34.8 Å². The fraction of sp³-hybridized carbons (Fsp3) is 0.500. The van der Waals surface area contributed by atoms with Crippen LogP contribution in [0.2, 0.25) is 0 Å². The van der Waals surface area contributed by atoms with Gasteiger partial charge in [-0.15, -0.1) is 11.3 Å². The number of hydrogen-bond donors (Lipinski definition) is 0. The van der Waals surface area contributed by atoms with Crippen molar-refractivity contribution in [2.45, 2.75) is 31.0 Å². The van der Waals surface area contributed by atoms with Crippen LogP contribution in [-0.2, 0) is 17.8 Å². The molecule has 2 aromatic heterocycles. The maximum Gasteiger partial charge on any atom is 0.226 e. The molecule has 0 N–H and O–H groups in total. The maximum atomic E-state index is 12.9. The maximum absolute atomic E-state index is 12.9. The predicted octanol–water partition coefficient (Wildman–Crippen LogP) is 3.06. The number of nitrogens with zero attached hydrogens (tertiary/aromatic N) is 4. The van der Waals surface area contributed by atoms with Crippen LogP contribution in [0.15, 0.2) is 28.9 Å². The van der Waals surface area contributed by atoms with E-state index in [0.29, 0.717) is 5.91 Å². The van der Waals surface area contributed by atoms with Crippen molar-refractivity contribution in [3.05, 3.63) is 34.2 Å². The van der Waals surface area contributed by atoms with Crippen molar-refractivity contribution in [1.82, 2.24) is 14.9 Å². The number of piperidine rings is 1. The lowest BCUT2D eigenvalue weighted by molar-refractivity contribution is -0.137. The van der Waals surface area contributed by atoms with E-state index in [1.165, 1.54) is 10.4 Å². The predicted molar refractivity (Wildman–Crippen MR) is 102 cm³/mol. The Morgan fingerprint density at radius 1 is 1.28 bits per heavy atom. The molecule has 1 amide bonds. The van der Waals surface area contributed by atoms with Gasteiger partial charge in [-0.05, 0) is 48.6 Å². The van der Waals surface area contributed by atoms with Crippen molar-refractivity contribution in [3.8, 4) is 0 Å². The Hall–Kier alpha value is -1.60. The Balaban J connectivity index is 1.36. The van der Waals surface area contributed by atoms with Crippen molar-refractivity contribution < 1.29 is 4.79 Å². The largest absolute Gasteiger partial charge is 0.356 e. The molecular formula is C18H22N4OS2. The van der Waals surface area contributed by atoms with Gasteiger partial charge in [-0.25, -0.2) is 9.97 Å². The van der Waals surface area contributed by atoms with Crippen molar-refractivity contribution in [2.24, 2.45) is 5.92 Å². The van der Waals surface area contributed by atoms with Gasteiger partial charge in [0.2, 0.25) is 5.91 Å². The lowest BCUT2D eigenvalue weighted by Gasteiger charge is -2.36. The highest BCUT2D eigenvalue weighted by atomic mass is 32.2. The number of thiophene rings is 1. The van der Waals surface area contributed by atoms with Crippen LogP contribution < -0.4 is 4.90 Å². The van der Waals surface area contributed by atoms with Crippen LogP contribution in [0.5, 0.6) is 0 Å². The summed E-state index contributed by atoms with van der Waals surface area (Å²) >= 11 is 3.37. The Morgan fingerprint density at radius 3 is 2.92 bits per heavy atom. The third kappa shape index (κ3) is 3.53. The topological polar surface area (TPSA) is 49.3 Å². The second-order valence-corrected chi connectivity index (χ2v) is 8.32. The standard InChI is InChI=1S/C18H22N4OS2/c1-24-18-19-7-2-16(20-18)21-8-3-13(4-9-21)17(23)22-10-5-15-14(12-22)6-11-25-15/h2,6-7,11,13H,3-5,8-10,12H2,1H3. The first-order valence-electron chi connectivity index (χ1n) is 8.70. The number of rotatable bonds is 3. The molecule has 2 aliphatic rings. The van der Waals surface area contributed by atoms with Gasteiger partial charge in [0.25, 0.3) is 0 Å². The highest BCUT2D eigenvalue weighted by Gasteiger charge is 2.31. The molecule has 4 rings (SSSR count). The zero-order valence-electron chi connectivity index (χ0n) is 14.4. The molecule has 1 saturated heterocycles. The highest BCUT2D eigenvalue weighted by Crippen LogP contribution is 2.28. The quantitative estimate of drug-likeness (QED) is 0.610. The minimum atomic E-state index is 0.151. The van der Waals surface area contributed by atoms with Crippen LogP contribution in [0.1, 0.15) is 23.3 Å². The number of amides is 1. The van der Waals surface area contributed by atoms with Gasteiger partial charge >= 0.3 is 0 Å². The van der Waals surface area contributed by atoms with Crippen LogP contribution in [0.4, 0.5) is 5.82 Å². The zero-order valence-corrected chi connectivity index (χ0v) is 16.0. The Morgan fingerprint density at radius 2 is 2.12 bits per heavy atom. The molecule has 0 saturated carbocycles. The monoisotopic (exact) mass is 374 g/mol. The van der Waals surface area contributed by atoms with Crippen molar-refractivity contribution in [3.63, 3.8) is 0 Å². The average Bonchev–Trinajstić information content (AvgIpc) is 3.15. The van der Waals surface area contributed by atoms with E-state index in [2.05, 4.69) is 31.2 Å².